The molecule has 2 N–H and O–H groups in total. The molecule has 0 saturated heterocycles. The van der Waals surface area contributed by atoms with Gasteiger partial charge < -0.3 is 5.32 Å². The van der Waals surface area contributed by atoms with Gasteiger partial charge in [0, 0.05) is 24.5 Å². The SMILES string of the molecule is CNCCCn1cc(S(=O)(=O)NCC(C)SC)cn1. The maximum absolute atomic E-state index is 12.0. The van der Waals surface area contributed by atoms with E-state index in [9.17, 15) is 8.42 Å². The van der Waals surface area contributed by atoms with Gasteiger partial charge in [0.05, 0.1) is 6.20 Å². The van der Waals surface area contributed by atoms with Gasteiger partial charge in [-0.1, -0.05) is 6.92 Å². The third-order valence-electron chi connectivity index (χ3n) is 2.70. The molecule has 110 valence electrons. The molecule has 0 spiro atoms. The minimum atomic E-state index is -3.44. The first-order chi connectivity index (χ1) is 8.99. The van der Waals surface area contributed by atoms with Crippen LogP contribution in [0.15, 0.2) is 17.3 Å². The Balaban J connectivity index is 2.58. The highest BCUT2D eigenvalue weighted by Crippen LogP contribution is 2.09. The summed E-state index contributed by atoms with van der Waals surface area (Å²) >= 11 is 1.62. The van der Waals surface area contributed by atoms with Crippen molar-refractivity contribution in [3.63, 3.8) is 0 Å². The highest BCUT2D eigenvalue weighted by atomic mass is 32.2. The molecule has 0 aromatic carbocycles. The standard InChI is InChI=1S/C11H22N4O2S2/c1-10(18-3)7-14-19(16,17)11-8-13-15(9-11)6-4-5-12-2/h8-10,12,14H,4-7H2,1-3H3. The van der Waals surface area contributed by atoms with E-state index in [0.29, 0.717) is 13.1 Å². The Bertz CT molecular complexity index is 473. The molecule has 0 aliphatic rings. The van der Waals surface area contributed by atoms with Gasteiger partial charge in [-0.2, -0.15) is 16.9 Å². The maximum Gasteiger partial charge on any atom is 0.243 e. The van der Waals surface area contributed by atoms with E-state index in [0.717, 1.165) is 13.0 Å². The highest BCUT2D eigenvalue weighted by Gasteiger charge is 2.17. The van der Waals surface area contributed by atoms with Crippen LogP contribution >= 0.6 is 11.8 Å². The number of aromatic nitrogens is 2. The molecular weight excluding hydrogens is 284 g/mol. The van der Waals surface area contributed by atoms with Gasteiger partial charge in [0.1, 0.15) is 4.90 Å². The fraction of sp³-hybridized carbons (Fsp3) is 0.727. The van der Waals surface area contributed by atoms with Crippen molar-refractivity contribution >= 4 is 21.8 Å². The second-order valence-electron chi connectivity index (χ2n) is 4.29. The summed E-state index contributed by atoms with van der Waals surface area (Å²) in [7, 11) is -1.55. The van der Waals surface area contributed by atoms with Crippen molar-refractivity contribution in [1.82, 2.24) is 19.8 Å². The Morgan fingerprint density at radius 3 is 2.89 bits per heavy atom. The maximum atomic E-state index is 12.0. The van der Waals surface area contributed by atoms with Crippen LogP contribution in [0, 0.1) is 0 Å². The minimum absolute atomic E-state index is 0.227. The highest BCUT2D eigenvalue weighted by molar-refractivity contribution is 7.99. The molecule has 8 heteroatoms. The Morgan fingerprint density at radius 1 is 1.53 bits per heavy atom. The molecule has 1 heterocycles. The smallest absolute Gasteiger partial charge is 0.243 e. The predicted molar refractivity (Wildman–Crippen MR) is 78.9 cm³/mol. The number of hydrogen-bond acceptors (Lipinski definition) is 5. The quantitative estimate of drug-likeness (QED) is 0.651. The molecule has 0 amide bonds. The van der Waals surface area contributed by atoms with Gasteiger partial charge in [0.15, 0.2) is 0 Å². The van der Waals surface area contributed by atoms with E-state index in [1.807, 2.05) is 20.2 Å². The minimum Gasteiger partial charge on any atom is -0.320 e. The zero-order chi connectivity index (χ0) is 14.3. The lowest BCUT2D eigenvalue weighted by Gasteiger charge is -2.09. The van der Waals surface area contributed by atoms with Crippen LogP contribution in [-0.4, -0.2) is 49.8 Å². The fourth-order valence-electron chi connectivity index (χ4n) is 1.42. The molecule has 0 saturated carbocycles. The Morgan fingerprint density at radius 2 is 2.26 bits per heavy atom. The first-order valence-corrected chi connectivity index (χ1v) is 8.96. The average molecular weight is 306 g/mol. The van der Waals surface area contributed by atoms with Crippen molar-refractivity contribution in [3.05, 3.63) is 12.4 Å². The summed E-state index contributed by atoms with van der Waals surface area (Å²) in [5.41, 5.74) is 0. The fourth-order valence-corrected chi connectivity index (χ4v) is 2.86. The Labute approximate surface area is 119 Å². The monoisotopic (exact) mass is 306 g/mol. The molecule has 0 fully saturated rings. The summed E-state index contributed by atoms with van der Waals surface area (Å²) in [6.07, 6.45) is 5.83. The third kappa shape index (κ3) is 5.52. The van der Waals surface area contributed by atoms with E-state index in [1.54, 1.807) is 22.6 Å². The molecule has 1 aromatic heterocycles. The van der Waals surface area contributed by atoms with E-state index in [-0.39, 0.29) is 10.1 Å². The lowest BCUT2D eigenvalue weighted by molar-refractivity contribution is 0.560. The molecule has 6 nitrogen and oxygen atoms in total. The second-order valence-corrected chi connectivity index (χ2v) is 7.34. The van der Waals surface area contributed by atoms with E-state index in [4.69, 9.17) is 0 Å². The normalized spacial score (nSPS) is 13.6. The molecule has 19 heavy (non-hydrogen) atoms. The topological polar surface area (TPSA) is 76.0 Å². The first-order valence-electron chi connectivity index (χ1n) is 6.19. The molecule has 0 aliphatic carbocycles. The van der Waals surface area contributed by atoms with Crippen molar-refractivity contribution < 1.29 is 8.42 Å². The van der Waals surface area contributed by atoms with Crippen molar-refractivity contribution in [1.29, 1.82) is 0 Å². The second kappa shape index (κ2) is 7.88. The van der Waals surface area contributed by atoms with Crippen LogP contribution in [0.2, 0.25) is 0 Å². The number of rotatable bonds is 9. The Kier molecular flexibility index (Phi) is 6.84. The van der Waals surface area contributed by atoms with E-state index < -0.39 is 10.0 Å². The summed E-state index contributed by atoms with van der Waals surface area (Å²) in [6.45, 7) is 3.99. The predicted octanol–water partition coefficient (Wildman–Crippen LogP) is 0.522. The molecule has 1 unspecified atom stereocenters. The van der Waals surface area contributed by atoms with E-state index in [1.165, 1.54) is 6.20 Å². The van der Waals surface area contributed by atoms with Gasteiger partial charge in [-0.3, -0.25) is 4.68 Å². The number of nitrogens with zero attached hydrogens (tertiary/aromatic N) is 2. The van der Waals surface area contributed by atoms with Crippen molar-refractivity contribution in [3.8, 4) is 0 Å². The van der Waals surface area contributed by atoms with Crippen LogP contribution in [0.1, 0.15) is 13.3 Å². The molecule has 0 radical (unpaired) electrons. The summed E-state index contributed by atoms with van der Waals surface area (Å²) in [6, 6.07) is 0. The lowest BCUT2D eigenvalue weighted by atomic mass is 10.4. The van der Waals surface area contributed by atoms with Gasteiger partial charge in [0.25, 0.3) is 0 Å². The zero-order valence-corrected chi connectivity index (χ0v) is 13.2. The van der Waals surface area contributed by atoms with E-state index in [2.05, 4.69) is 15.1 Å². The largest absolute Gasteiger partial charge is 0.320 e. The number of sulfonamides is 1. The molecule has 1 atom stereocenters. The molecule has 0 aliphatic heterocycles. The molecule has 0 bridgehead atoms. The third-order valence-corrected chi connectivity index (χ3v) is 5.05. The van der Waals surface area contributed by atoms with E-state index >= 15 is 0 Å². The van der Waals surface area contributed by atoms with Gasteiger partial charge >= 0.3 is 0 Å². The van der Waals surface area contributed by atoms with Gasteiger partial charge in [-0.05, 0) is 26.3 Å². The van der Waals surface area contributed by atoms with Crippen molar-refractivity contribution in [2.45, 2.75) is 30.0 Å². The average Bonchev–Trinajstić information content (AvgIpc) is 2.86. The van der Waals surface area contributed by atoms with Crippen LogP contribution < -0.4 is 10.0 Å². The lowest BCUT2D eigenvalue weighted by Crippen LogP contribution is -2.29. The van der Waals surface area contributed by atoms with Crippen LogP contribution in [-0.2, 0) is 16.6 Å². The van der Waals surface area contributed by atoms with Crippen LogP contribution in [0.4, 0.5) is 0 Å². The van der Waals surface area contributed by atoms with Gasteiger partial charge in [0.2, 0.25) is 10.0 Å². The summed E-state index contributed by atoms with van der Waals surface area (Å²) in [4.78, 5) is 0.227. The van der Waals surface area contributed by atoms with Gasteiger partial charge in [-0.25, -0.2) is 13.1 Å². The zero-order valence-electron chi connectivity index (χ0n) is 11.6. The van der Waals surface area contributed by atoms with Crippen LogP contribution in [0.25, 0.3) is 0 Å². The van der Waals surface area contributed by atoms with Crippen LogP contribution in [0.5, 0.6) is 0 Å². The van der Waals surface area contributed by atoms with Gasteiger partial charge in [-0.15, -0.1) is 0 Å². The number of hydrogen-bond donors (Lipinski definition) is 2. The first kappa shape index (κ1) is 16.5. The molecular formula is C11H22N4O2S2. The molecule has 1 aromatic rings. The van der Waals surface area contributed by atoms with Crippen LogP contribution in [0.3, 0.4) is 0 Å². The van der Waals surface area contributed by atoms with Crippen molar-refractivity contribution in [2.24, 2.45) is 0 Å². The molecule has 1 rings (SSSR count). The van der Waals surface area contributed by atoms with Crippen molar-refractivity contribution in [2.75, 3.05) is 26.4 Å². The number of nitrogens with one attached hydrogen (secondary N) is 2. The Hall–Kier alpha value is -0.570. The summed E-state index contributed by atoms with van der Waals surface area (Å²) < 4.78 is 28.3. The number of aryl methyl sites for hydroxylation is 1. The number of thioether (sulfide) groups is 1. The summed E-state index contributed by atoms with van der Waals surface area (Å²) in [5, 5.41) is 7.36. The summed E-state index contributed by atoms with van der Waals surface area (Å²) in [5.74, 6) is 0.